The van der Waals surface area contributed by atoms with Gasteiger partial charge >= 0.3 is 5.97 Å². The summed E-state index contributed by atoms with van der Waals surface area (Å²) in [6, 6.07) is 11.9. The van der Waals surface area contributed by atoms with E-state index in [1.807, 2.05) is 0 Å². The minimum atomic E-state index is -0.395. The topological polar surface area (TPSA) is 55.4 Å². The third-order valence-corrected chi connectivity index (χ3v) is 3.78. The van der Waals surface area contributed by atoms with E-state index < -0.39 is 5.97 Å². The molecule has 0 unspecified atom stereocenters. The molecule has 2 aromatic rings. The maximum absolute atomic E-state index is 11.8. The average Bonchev–Trinajstić information content (AvgIpc) is 2.59. The third-order valence-electron chi connectivity index (χ3n) is 3.22. The molecule has 0 aromatic heterocycles. The van der Waals surface area contributed by atoms with Gasteiger partial charge in [0.05, 0.1) is 12.7 Å². The lowest BCUT2D eigenvalue weighted by atomic mass is 10.1. The summed E-state index contributed by atoms with van der Waals surface area (Å²) in [5, 5.41) is 3.77. The number of ether oxygens (including phenoxy) is 1. The number of hydrogen-bond acceptors (Lipinski definition) is 3. The van der Waals surface area contributed by atoms with Gasteiger partial charge in [-0.15, -0.1) is 0 Å². The minimum Gasteiger partial charge on any atom is -0.465 e. The van der Waals surface area contributed by atoms with Crippen molar-refractivity contribution in [1.82, 2.24) is 5.32 Å². The van der Waals surface area contributed by atoms with E-state index in [9.17, 15) is 9.59 Å². The molecule has 0 heterocycles. The lowest BCUT2D eigenvalue weighted by molar-refractivity contribution is -0.116. The lowest BCUT2D eigenvalue weighted by Gasteiger charge is -2.04. The first kappa shape index (κ1) is 18.0. The largest absolute Gasteiger partial charge is 0.465 e. The van der Waals surface area contributed by atoms with Crippen LogP contribution >= 0.6 is 23.2 Å². The SMILES string of the molecule is COC(=O)c1ccc(CNC(=O)/C=C/c2ccc(Cl)cc2Cl)cc1. The number of amides is 1. The van der Waals surface area contributed by atoms with E-state index in [4.69, 9.17) is 23.2 Å². The molecule has 0 aliphatic heterocycles. The number of carbonyl (C=O) groups is 2. The van der Waals surface area contributed by atoms with Crippen molar-refractivity contribution in [3.05, 3.63) is 75.3 Å². The van der Waals surface area contributed by atoms with Crippen LogP contribution in [0.2, 0.25) is 10.0 Å². The van der Waals surface area contributed by atoms with E-state index in [0.717, 1.165) is 5.56 Å². The van der Waals surface area contributed by atoms with Crippen LogP contribution in [0.15, 0.2) is 48.5 Å². The lowest BCUT2D eigenvalue weighted by Crippen LogP contribution is -2.20. The van der Waals surface area contributed by atoms with Gasteiger partial charge in [0.1, 0.15) is 0 Å². The second-order valence-corrected chi connectivity index (χ2v) is 5.75. The Labute approximate surface area is 150 Å². The molecule has 0 atom stereocenters. The molecule has 4 nitrogen and oxygen atoms in total. The molecule has 1 N–H and O–H groups in total. The molecule has 124 valence electrons. The molecule has 0 fully saturated rings. The number of benzene rings is 2. The number of rotatable bonds is 5. The summed E-state index contributed by atoms with van der Waals surface area (Å²) in [5.74, 6) is -0.647. The second kappa shape index (κ2) is 8.52. The Bertz CT molecular complexity index is 770. The van der Waals surface area contributed by atoms with Crippen molar-refractivity contribution >= 4 is 41.2 Å². The highest BCUT2D eigenvalue weighted by Gasteiger charge is 2.05. The monoisotopic (exact) mass is 363 g/mol. The number of methoxy groups -OCH3 is 1. The Morgan fingerprint density at radius 1 is 1.12 bits per heavy atom. The summed E-state index contributed by atoms with van der Waals surface area (Å²) in [4.78, 5) is 23.2. The minimum absolute atomic E-state index is 0.252. The van der Waals surface area contributed by atoms with E-state index >= 15 is 0 Å². The highest BCUT2D eigenvalue weighted by Crippen LogP contribution is 2.21. The standard InChI is InChI=1S/C18H15Cl2NO3/c1-24-18(23)14-4-2-12(3-5-14)11-21-17(22)9-7-13-6-8-15(19)10-16(13)20/h2-10H,11H2,1H3,(H,21,22)/b9-7+. The summed E-state index contributed by atoms with van der Waals surface area (Å²) in [7, 11) is 1.33. The number of halogens is 2. The number of carbonyl (C=O) groups excluding carboxylic acids is 2. The van der Waals surface area contributed by atoms with Crippen LogP contribution in [0.3, 0.4) is 0 Å². The van der Waals surface area contributed by atoms with Gasteiger partial charge in [-0.05, 0) is 41.5 Å². The van der Waals surface area contributed by atoms with Crippen LogP contribution in [0.5, 0.6) is 0 Å². The van der Waals surface area contributed by atoms with Crippen molar-refractivity contribution < 1.29 is 14.3 Å². The van der Waals surface area contributed by atoms with Crippen molar-refractivity contribution in [3.63, 3.8) is 0 Å². The number of esters is 1. The van der Waals surface area contributed by atoms with Crippen LogP contribution < -0.4 is 5.32 Å². The van der Waals surface area contributed by atoms with Crippen LogP contribution in [0.1, 0.15) is 21.5 Å². The first-order valence-corrected chi connectivity index (χ1v) is 7.83. The van der Waals surface area contributed by atoms with Crippen molar-refractivity contribution in [2.75, 3.05) is 7.11 Å². The van der Waals surface area contributed by atoms with E-state index in [0.29, 0.717) is 27.7 Å². The van der Waals surface area contributed by atoms with E-state index in [2.05, 4.69) is 10.1 Å². The molecule has 0 radical (unpaired) electrons. The van der Waals surface area contributed by atoms with Crippen molar-refractivity contribution in [3.8, 4) is 0 Å². The van der Waals surface area contributed by atoms with E-state index in [-0.39, 0.29) is 5.91 Å². The zero-order valence-electron chi connectivity index (χ0n) is 12.9. The van der Waals surface area contributed by atoms with Gasteiger partial charge in [-0.25, -0.2) is 4.79 Å². The van der Waals surface area contributed by atoms with Crippen LogP contribution in [-0.4, -0.2) is 19.0 Å². The van der Waals surface area contributed by atoms with Crippen molar-refractivity contribution in [2.45, 2.75) is 6.54 Å². The summed E-state index contributed by atoms with van der Waals surface area (Å²) < 4.78 is 4.63. The predicted molar refractivity (Wildman–Crippen MR) is 95.1 cm³/mol. The predicted octanol–water partition coefficient (Wildman–Crippen LogP) is 4.11. The Hall–Kier alpha value is -2.30. The molecular weight excluding hydrogens is 349 g/mol. The third kappa shape index (κ3) is 5.11. The van der Waals surface area contributed by atoms with Gasteiger partial charge in [0.2, 0.25) is 5.91 Å². The summed E-state index contributed by atoms with van der Waals surface area (Å²) >= 11 is 11.9. The molecule has 0 aliphatic carbocycles. The normalized spacial score (nSPS) is 10.6. The van der Waals surface area contributed by atoms with Gasteiger partial charge < -0.3 is 10.1 Å². The van der Waals surface area contributed by atoms with Crippen LogP contribution in [0.4, 0.5) is 0 Å². The van der Waals surface area contributed by atoms with Gasteiger partial charge in [-0.2, -0.15) is 0 Å². The fourth-order valence-corrected chi connectivity index (χ4v) is 2.40. The van der Waals surface area contributed by atoms with Crippen LogP contribution in [0.25, 0.3) is 6.08 Å². The second-order valence-electron chi connectivity index (χ2n) is 4.91. The molecule has 24 heavy (non-hydrogen) atoms. The fraction of sp³-hybridized carbons (Fsp3) is 0.111. The maximum atomic E-state index is 11.8. The zero-order valence-corrected chi connectivity index (χ0v) is 14.4. The molecule has 1 amide bonds. The molecule has 6 heteroatoms. The van der Waals surface area contributed by atoms with Gasteiger partial charge in [0.15, 0.2) is 0 Å². The van der Waals surface area contributed by atoms with Crippen LogP contribution in [0, 0.1) is 0 Å². The molecule has 0 bridgehead atoms. The van der Waals surface area contributed by atoms with Gasteiger partial charge in [0.25, 0.3) is 0 Å². The zero-order chi connectivity index (χ0) is 17.5. The first-order valence-electron chi connectivity index (χ1n) is 7.08. The van der Waals surface area contributed by atoms with Crippen molar-refractivity contribution in [1.29, 1.82) is 0 Å². The molecule has 2 rings (SSSR count). The highest BCUT2D eigenvalue weighted by atomic mass is 35.5. The average molecular weight is 364 g/mol. The number of hydrogen-bond donors (Lipinski definition) is 1. The molecule has 0 spiro atoms. The van der Waals surface area contributed by atoms with Crippen molar-refractivity contribution in [2.24, 2.45) is 0 Å². The Morgan fingerprint density at radius 3 is 2.46 bits per heavy atom. The van der Waals surface area contributed by atoms with E-state index in [1.165, 1.54) is 13.2 Å². The molecule has 2 aromatic carbocycles. The van der Waals surface area contributed by atoms with E-state index in [1.54, 1.807) is 48.5 Å². The molecule has 0 saturated heterocycles. The summed E-state index contributed by atoms with van der Waals surface area (Å²) in [5.41, 5.74) is 2.04. The summed E-state index contributed by atoms with van der Waals surface area (Å²) in [6.07, 6.45) is 3.02. The smallest absolute Gasteiger partial charge is 0.337 e. The van der Waals surface area contributed by atoms with Crippen LogP contribution in [-0.2, 0) is 16.1 Å². The highest BCUT2D eigenvalue weighted by molar-refractivity contribution is 6.35. The molecular formula is C18H15Cl2NO3. The Kier molecular flexibility index (Phi) is 6.41. The van der Waals surface area contributed by atoms with Gasteiger partial charge in [0, 0.05) is 22.7 Å². The first-order chi connectivity index (χ1) is 11.5. The number of nitrogens with one attached hydrogen (secondary N) is 1. The quantitative estimate of drug-likeness (QED) is 0.642. The maximum Gasteiger partial charge on any atom is 0.337 e. The Morgan fingerprint density at radius 2 is 1.83 bits per heavy atom. The fourth-order valence-electron chi connectivity index (χ4n) is 1.93. The van der Waals surface area contributed by atoms with Gasteiger partial charge in [-0.1, -0.05) is 41.4 Å². The van der Waals surface area contributed by atoms with Gasteiger partial charge in [-0.3, -0.25) is 4.79 Å². The molecule has 0 saturated carbocycles. The molecule has 0 aliphatic rings. The summed E-state index contributed by atoms with van der Waals surface area (Å²) in [6.45, 7) is 0.346. The Balaban J connectivity index is 1.91.